The van der Waals surface area contributed by atoms with Crippen LogP contribution in [-0.4, -0.2) is 38.4 Å². The van der Waals surface area contributed by atoms with Gasteiger partial charge in [0, 0.05) is 17.5 Å². The molecule has 1 aromatic carbocycles. The number of carbonyl (C=O) groups excluding carboxylic acids is 2. The molecule has 0 aliphatic carbocycles. The van der Waals surface area contributed by atoms with Gasteiger partial charge in [-0.15, -0.1) is 0 Å². The molecular weight excluding hydrogens is 314 g/mol. The molecule has 0 bridgehead atoms. The van der Waals surface area contributed by atoms with Gasteiger partial charge in [0.25, 0.3) is 0 Å². The van der Waals surface area contributed by atoms with Crippen LogP contribution in [0, 0.1) is 0 Å². The van der Waals surface area contributed by atoms with E-state index < -0.39 is 18.2 Å². The average molecular weight is 335 g/mol. The van der Waals surface area contributed by atoms with Crippen molar-refractivity contribution in [3.63, 3.8) is 0 Å². The number of rotatable bonds is 7. The Labute approximate surface area is 140 Å². The first-order valence-corrected chi connectivity index (χ1v) is 7.79. The summed E-state index contributed by atoms with van der Waals surface area (Å²) in [4.78, 5) is 23.8. The summed E-state index contributed by atoms with van der Waals surface area (Å²) in [6.45, 7) is 4.78. The second-order valence-electron chi connectivity index (χ2n) is 4.84. The maximum atomic E-state index is 11.9. The Morgan fingerprint density at radius 1 is 1.17 bits per heavy atom. The lowest BCUT2D eigenvalue weighted by Crippen LogP contribution is -2.19. The summed E-state index contributed by atoms with van der Waals surface area (Å²) in [5.41, 5.74) is 1.33. The summed E-state index contributed by atoms with van der Waals surface area (Å²) < 4.78 is 20.6. The lowest BCUT2D eigenvalue weighted by Gasteiger charge is -2.11. The number of carbonyl (C=O) groups is 2. The van der Waals surface area contributed by atoms with Crippen molar-refractivity contribution in [2.45, 2.75) is 20.1 Å². The molecule has 130 valence electrons. The lowest BCUT2D eigenvalue weighted by molar-refractivity contribution is -0.146. The van der Waals surface area contributed by atoms with Crippen LogP contribution >= 0.6 is 0 Å². The molecule has 0 atom stereocenters. The van der Waals surface area contributed by atoms with E-state index >= 15 is 0 Å². The van der Waals surface area contributed by atoms with Crippen LogP contribution in [0.25, 0.3) is 0 Å². The minimum atomic E-state index is -0.734. The Bertz CT molecular complexity index is 587. The molecule has 0 saturated carbocycles. The van der Waals surface area contributed by atoms with Gasteiger partial charge in [-0.1, -0.05) is 12.1 Å². The van der Waals surface area contributed by atoms with Crippen molar-refractivity contribution in [3.8, 4) is 0 Å². The van der Waals surface area contributed by atoms with Gasteiger partial charge in [-0.2, -0.15) is 0 Å². The second kappa shape index (κ2) is 9.05. The highest BCUT2D eigenvalue weighted by Crippen LogP contribution is 2.25. The Morgan fingerprint density at radius 2 is 1.79 bits per heavy atom. The van der Waals surface area contributed by atoms with E-state index in [-0.39, 0.29) is 18.8 Å². The van der Waals surface area contributed by atoms with Crippen LogP contribution in [0.2, 0.25) is 0 Å². The van der Waals surface area contributed by atoms with Gasteiger partial charge in [-0.25, -0.2) is 9.59 Å². The van der Waals surface area contributed by atoms with E-state index in [1.807, 2.05) is 18.2 Å². The SMILES string of the molecule is CCOC(=O)C(=CNc1cccc(C2OCCO2)c1)C(=O)OCC. The number of esters is 2. The fourth-order valence-electron chi connectivity index (χ4n) is 2.10. The number of ether oxygens (including phenoxy) is 4. The van der Waals surface area contributed by atoms with Gasteiger partial charge in [0.2, 0.25) is 0 Å². The minimum absolute atomic E-state index is 0.168. The number of benzene rings is 1. The van der Waals surface area contributed by atoms with E-state index in [0.29, 0.717) is 18.9 Å². The van der Waals surface area contributed by atoms with Gasteiger partial charge in [0.15, 0.2) is 11.9 Å². The fourth-order valence-corrected chi connectivity index (χ4v) is 2.10. The standard InChI is InChI=1S/C17H21NO6/c1-3-21-15(19)14(16(20)22-4-2)11-18-13-7-5-6-12(10-13)17-23-8-9-24-17/h5-7,10-11,17-18H,3-4,8-9H2,1-2H3. The quantitative estimate of drug-likeness (QED) is 0.354. The normalized spacial score (nSPS) is 14.1. The van der Waals surface area contributed by atoms with Gasteiger partial charge in [-0.05, 0) is 26.0 Å². The van der Waals surface area contributed by atoms with Gasteiger partial charge in [0.1, 0.15) is 0 Å². The predicted molar refractivity (Wildman–Crippen MR) is 86.1 cm³/mol. The number of nitrogens with one attached hydrogen (secondary N) is 1. The van der Waals surface area contributed by atoms with Crippen molar-refractivity contribution in [1.82, 2.24) is 0 Å². The van der Waals surface area contributed by atoms with Crippen molar-refractivity contribution < 1.29 is 28.5 Å². The zero-order chi connectivity index (χ0) is 17.4. The third kappa shape index (κ3) is 4.81. The van der Waals surface area contributed by atoms with Gasteiger partial charge in [0.05, 0.1) is 26.4 Å². The first kappa shape index (κ1) is 18.0. The highest BCUT2D eigenvalue weighted by molar-refractivity contribution is 6.14. The third-order valence-corrected chi connectivity index (χ3v) is 3.15. The maximum Gasteiger partial charge on any atom is 0.347 e. The van der Waals surface area contributed by atoms with Crippen LogP contribution in [0.1, 0.15) is 25.7 Å². The van der Waals surface area contributed by atoms with Gasteiger partial charge >= 0.3 is 11.9 Å². The minimum Gasteiger partial charge on any atom is -0.462 e. The van der Waals surface area contributed by atoms with Crippen molar-refractivity contribution >= 4 is 17.6 Å². The monoisotopic (exact) mass is 335 g/mol. The van der Waals surface area contributed by atoms with Crippen LogP contribution in [-0.2, 0) is 28.5 Å². The molecule has 1 saturated heterocycles. The molecule has 2 rings (SSSR count). The molecule has 1 fully saturated rings. The van der Waals surface area contributed by atoms with E-state index in [1.165, 1.54) is 6.20 Å². The second-order valence-corrected chi connectivity index (χ2v) is 4.84. The Balaban J connectivity index is 2.13. The topological polar surface area (TPSA) is 83.1 Å². The fraction of sp³-hybridized carbons (Fsp3) is 0.412. The highest BCUT2D eigenvalue weighted by atomic mass is 16.7. The zero-order valence-corrected chi connectivity index (χ0v) is 13.7. The highest BCUT2D eigenvalue weighted by Gasteiger charge is 2.21. The summed E-state index contributed by atoms with van der Waals surface area (Å²) in [6, 6.07) is 7.32. The van der Waals surface area contributed by atoms with E-state index in [0.717, 1.165) is 5.56 Å². The Morgan fingerprint density at radius 3 is 2.38 bits per heavy atom. The van der Waals surface area contributed by atoms with Crippen molar-refractivity contribution in [1.29, 1.82) is 0 Å². The first-order valence-electron chi connectivity index (χ1n) is 7.79. The molecule has 1 heterocycles. The van der Waals surface area contributed by atoms with Crippen LogP contribution in [0.4, 0.5) is 5.69 Å². The molecule has 24 heavy (non-hydrogen) atoms. The summed E-state index contributed by atoms with van der Waals surface area (Å²) in [5, 5.41) is 2.91. The molecular formula is C17H21NO6. The summed E-state index contributed by atoms with van der Waals surface area (Å²) in [7, 11) is 0. The summed E-state index contributed by atoms with van der Waals surface area (Å²) in [5.74, 6) is -1.47. The molecule has 7 heteroatoms. The summed E-state index contributed by atoms with van der Waals surface area (Å²) in [6.07, 6.45) is 0.885. The number of hydrogen-bond acceptors (Lipinski definition) is 7. The van der Waals surface area contributed by atoms with E-state index in [2.05, 4.69) is 5.32 Å². The van der Waals surface area contributed by atoms with Crippen molar-refractivity contribution in [2.75, 3.05) is 31.7 Å². The van der Waals surface area contributed by atoms with Gasteiger partial charge < -0.3 is 24.3 Å². The average Bonchev–Trinajstić information content (AvgIpc) is 3.10. The van der Waals surface area contributed by atoms with Crippen LogP contribution in [0.3, 0.4) is 0 Å². The van der Waals surface area contributed by atoms with Gasteiger partial charge in [-0.3, -0.25) is 0 Å². The molecule has 0 amide bonds. The summed E-state index contributed by atoms with van der Waals surface area (Å²) >= 11 is 0. The van der Waals surface area contributed by atoms with Crippen LogP contribution in [0.15, 0.2) is 36.0 Å². The number of hydrogen-bond donors (Lipinski definition) is 1. The first-order chi connectivity index (χ1) is 11.7. The zero-order valence-electron chi connectivity index (χ0n) is 13.7. The van der Waals surface area contributed by atoms with Crippen LogP contribution in [0.5, 0.6) is 0 Å². The van der Waals surface area contributed by atoms with Crippen molar-refractivity contribution in [3.05, 3.63) is 41.6 Å². The van der Waals surface area contributed by atoms with Crippen LogP contribution < -0.4 is 5.32 Å². The predicted octanol–water partition coefficient (Wildman–Crippen LogP) is 2.15. The molecule has 0 unspecified atom stereocenters. The molecule has 1 aliphatic heterocycles. The molecule has 1 aromatic rings. The lowest BCUT2D eigenvalue weighted by atomic mass is 10.2. The molecule has 1 aliphatic rings. The third-order valence-electron chi connectivity index (χ3n) is 3.15. The maximum absolute atomic E-state index is 11.9. The van der Waals surface area contributed by atoms with E-state index in [1.54, 1.807) is 19.9 Å². The largest absolute Gasteiger partial charge is 0.462 e. The van der Waals surface area contributed by atoms with E-state index in [9.17, 15) is 9.59 Å². The van der Waals surface area contributed by atoms with Crippen molar-refractivity contribution in [2.24, 2.45) is 0 Å². The smallest absolute Gasteiger partial charge is 0.347 e. The van der Waals surface area contributed by atoms with E-state index in [4.69, 9.17) is 18.9 Å². The molecule has 0 radical (unpaired) electrons. The molecule has 1 N–H and O–H groups in total. The Hall–Kier alpha value is -2.38. The molecule has 0 spiro atoms. The molecule has 7 nitrogen and oxygen atoms in total. The molecule has 0 aromatic heterocycles. The number of anilines is 1. The Kier molecular flexibility index (Phi) is 6.77.